The van der Waals surface area contributed by atoms with Gasteiger partial charge in [-0.1, -0.05) is 11.3 Å². The monoisotopic (exact) mass is 467 g/mol. The highest BCUT2D eigenvalue weighted by Crippen LogP contribution is 2.35. The molecule has 0 unspecified atom stereocenters. The van der Waals surface area contributed by atoms with Crippen LogP contribution >= 0.6 is 11.3 Å². The average molecular weight is 468 g/mol. The Hall–Kier alpha value is -2.55. The quantitative estimate of drug-likeness (QED) is 0.509. The van der Waals surface area contributed by atoms with Crippen LogP contribution in [0.2, 0.25) is 0 Å². The van der Waals surface area contributed by atoms with Gasteiger partial charge in [0.15, 0.2) is 5.13 Å². The number of morpholine rings is 1. The van der Waals surface area contributed by atoms with Crippen molar-refractivity contribution in [3.63, 3.8) is 0 Å². The molecule has 33 heavy (non-hydrogen) atoms. The molecule has 2 aromatic carbocycles. The number of nitrogens with one attached hydrogen (secondary N) is 1. The summed E-state index contributed by atoms with van der Waals surface area (Å²) in [6.45, 7) is 10.1. The van der Waals surface area contributed by atoms with Gasteiger partial charge in [-0.05, 0) is 63.1 Å². The molecule has 2 saturated heterocycles. The van der Waals surface area contributed by atoms with Gasteiger partial charge in [0.1, 0.15) is 5.75 Å². The number of rotatable bonds is 6. The molecule has 0 amide bonds. The fraction of sp³-hybridized carbons (Fsp3) is 0.480. The number of fused-ring (bicyclic) bond motifs is 1. The van der Waals surface area contributed by atoms with E-state index in [1.807, 2.05) is 32.0 Å². The zero-order valence-electron chi connectivity index (χ0n) is 19.4. The molecule has 3 N–H and O–H groups in total. The van der Waals surface area contributed by atoms with Crippen LogP contribution in [0.1, 0.15) is 26.7 Å². The van der Waals surface area contributed by atoms with Crippen LogP contribution in [0.25, 0.3) is 10.2 Å². The van der Waals surface area contributed by atoms with Crippen molar-refractivity contribution in [3.05, 3.63) is 36.4 Å². The topological polar surface area (TPSA) is 75.9 Å². The first-order valence-electron chi connectivity index (χ1n) is 11.9. The Morgan fingerprint density at radius 1 is 1.09 bits per heavy atom. The number of benzene rings is 2. The highest BCUT2D eigenvalue weighted by Gasteiger charge is 2.26. The van der Waals surface area contributed by atoms with Gasteiger partial charge in [0.05, 0.1) is 35.2 Å². The van der Waals surface area contributed by atoms with Crippen LogP contribution < -0.4 is 20.7 Å². The largest absolute Gasteiger partial charge is 0.489 e. The van der Waals surface area contributed by atoms with Crippen molar-refractivity contribution in [2.75, 3.05) is 55.3 Å². The third kappa shape index (κ3) is 5.18. The molecule has 5 rings (SSSR count). The molecule has 176 valence electrons. The van der Waals surface area contributed by atoms with Gasteiger partial charge in [0, 0.05) is 43.6 Å². The highest BCUT2D eigenvalue weighted by molar-refractivity contribution is 7.22. The summed E-state index contributed by atoms with van der Waals surface area (Å²) in [5.41, 5.74) is 9.83. The van der Waals surface area contributed by atoms with E-state index in [2.05, 4.69) is 33.3 Å². The van der Waals surface area contributed by atoms with Gasteiger partial charge in [0.2, 0.25) is 0 Å². The third-order valence-electron chi connectivity index (χ3n) is 6.37. The summed E-state index contributed by atoms with van der Waals surface area (Å²) >= 11 is 1.64. The van der Waals surface area contributed by atoms with Crippen molar-refractivity contribution in [1.82, 2.24) is 9.88 Å². The van der Waals surface area contributed by atoms with Crippen molar-refractivity contribution in [2.45, 2.75) is 38.8 Å². The van der Waals surface area contributed by atoms with E-state index in [0.29, 0.717) is 11.7 Å². The molecule has 2 aliphatic heterocycles. The van der Waals surface area contributed by atoms with E-state index in [-0.39, 0.29) is 6.10 Å². The molecule has 3 heterocycles. The second-order valence-electron chi connectivity index (χ2n) is 9.08. The maximum Gasteiger partial charge on any atom is 0.188 e. The minimum absolute atomic E-state index is 0.0829. The van der Waals surface area contributed by atoms with Gasteiger partial charge in [-0.3, -0.25) is 4.90 Å². The van der Waals surface area contributed by atoms with Gasteiger partial charge in [-0.25, -0.2) is 4.98 Å². The average Bonchev–Trinajstić information content (AvgIpc) is 3.23. The summed E-state index contributed by atoms with van der Waals surface area (Å²) in [5, 5.41) is 4.26. The molecule has 7 nitrogen and oxygen atoms in total. The Labute approximate surface area is 199 Å². The van der Waals surface area contributed by atoms with E-state index in [0.717, 1.165) is 61.5 Å². The van der Waals surface area contributed by atoms with Crippen LogP contribution in [-0.4, -0.2) is 61.4 Å². The molecular weight excluding hydrogens is 434 g/mol. The summed E-state index contributed by atoms with van der Waals surface area (Å²) in [6, 6.07) is 13.0. The Kier molecular flexibility index (Phi) is 6.57. The molecule has 0 bridgehead atoms. The smallest absolute Gasteiger partial charge is 0.188 e. The fourth-order valence-electron chi connectivity index (χ4n) is 4.71. The van der Waals surface area contributed by atoms with E-state index >= 15 is 0 Å². The first-order chi connectivity index (χ1) is 16.0. The van der Waals surface area contributed by atoms with Crippen LogP contribution in [0, 0.1) is 0 Å². The summed E-state index contributed by atoms with van der Waals surface area (Å²) in [7, 11) is 0. The molecule has 2 aliphatic rings. The standard InChI is InChI=1S/C25H33N5O2S/c1-17(2)32-23-5-3-18(26)15-21(23)27-25-28-22-16-20(4-6-24(22)33-25)29-9-7-19(8-10-29)30-11-13-31-14-12-30/h3-6,15-17,19H,7-14,26H2,1-2H3,(H,27,28). The van der Waals surface area contributed by atoms with Crippen molar-refractivity contribution in [1.29, 1.82) is 0 Å². The second-order valence-corrected chi connectivity index (χ2v) is 10.1. The number of nitrogen functional groups attached to an aromatic ring is 1. The summed E-state index contributed by atoms with van der Waals surface area (Å²) in [5.74, 6) is 0.780. The number of nitrogens with two attached hydrogens (primary N) is 1. The minimum atomic E-state index is 0.0829. The normalized spacial score (nSPS) is 18.2. The molecule has 0 aliphatic carbocycles. The SMILES string of the molecule is CC(C)Oc1ccc(N)cc1Nc1nc2cc(N3CCC(N4CCOCC4)CC3)ccc2s1. The van der Waals surface area contributed by atoms with E-state index in [1.165, 1.54) is 23.2 Å². The molecule has 0 atom stereocenters. The molecular formula is C25H33N5O2S. The lowest BCUT2D eigenvalue weighted by Gasteiger charge is -2.40. The van der Waals surface area contributed by atoms with Crippen molar-refractivity contribution in [3.8, 4) is 5.75 Å². The minimum Gasteiger partial charge on any atom is -0.489 e. The van der Waals surface area contributed by atoms with E-state index in [4.69, 9.17) is 20.2 Å². The zero-order valence-corrected chi connectivity index (χ0v) is 20.2. The van der Waals surface area contributed by atoms with E-state index in [9.17, 15) is 0 Å². The van der Waals surface area contributed by atoms with Crippen LogP contribution in [0.3, 0.4) is 0 Å². The van der Waals surface area contributed by atoms with Crippen LogP contribution in [0.15, 0.2) is 36.4 Å². The number of hydrogen-bond donors (Lipinski definition) is 2. The lowest BCUT2D eigenvalue weighted by atomic mass is 10.0. The Balaban J connectivity index is 1.28. The van der Waals surface area contributed by atoms with Gasteiger partial charge in [-0.15, -0.1) is 0 Å². The van der Waals surface area contributed by atoms with Crippen LogP contribution in [-0.2, 0) is 4.74 Å². The lowest BCUT2D eigenvalue weighted by Crippen LogP contribution is -2.49. The van der Waals surface area contributed by atoms with Crippen molar-refractivity contribution in [2.24, 2.45) is 0 Å². The van der Waals surface area contributed by atoms with Crippen LogP contribution in [0.5, 0.6) is 5.75 Å². The van der Waals surface area contributed by atoms with Gasteiger partial charge < -0.3 is 25.4 Å². The lowest BCUT2D eigenvalue weighted by molar-refractivity contribution is 0.0115. The number of anilines is 4. The first kappa shape index (κ1) is 22.3. The number of ether oxygens (including phenoxy) is 2. The molecule has 8 heteroatoms. The fourth-order valence-corrected chi connectivity index (χ4v) is 5.57. The number of nitrogens with zero attached hydrogens (tertiary/aromatic N) is 3. The van der Waals surface area contributed by atoms with Crippen molar-refractivity contribution < 1.29 is 9.47 Å². The molecule has 0 spiro atoms. The van der Waals surface area contributed by atoms with Gasteiger partial charge in [-0.2, -0.15) is 0 Å². The first-order valence-corrected chi connectivity index (χ1v) is 12.7. The Bertz CT molecular complexity index is 1090. The van der Waals surface area contributed by atoms with Gasteiger partial charge in [0.25, 0.3) is 0 Å². The zero-order chi connectivity index (χ0) is 22.8. The number of piperidine rings is 1. The maximum absolute atomic E-state index is 6.02. The van der Waals surface area contributed by atoms with E-state index in [1.54, 1.807) is 11.3 Å². The Morgan fingerprint density at radius 3 is 2.64 bits per heavy atom. The molecule has 0 saturated carbocycles. The summed E-state index contributed by atoms with van der Waals surface area (Å²) in [4.78, 5) is 9.97. The Morgan fingerprint density at radius 2 is 1.88 bits per heavy atom. The predicted octanol–water partition coefficient (Wildman–Crippen LogP) is 4.71. The van der Waals surface area contributed by atoms with E-state index < -0.39 is 0 Å². The molecule has 1 aromatic heterocycles. The predicted molar refractivity (Wildman–Crippen MR) is 137 cm³/mol. The second kappa shape index (κ2) is 9.75. The maximum atomic E-state index is 6.02. The van der Waals surface area contributed by atoms with Crippen LogP contribution in [0.4, 0.5) is 22.2 Å². The molecule has 3 aromatic rings. The van der Waals surface area contributed by atoms with Crippen molar-refractivity contribution >= 4 is 43.7 Å². The number of thiazole rings is 1. The number of hydrogen-bond acceptors (Lipinski definition) is 8. The number of aromatic nitrogens is 1. The summed E-state index contributed by atoms with van der Waals surface area (Å²) < 4.78 is 12.6. The molecule has 0 radical (unpaired) electrons. The summed E-state index contributed by atoms with van der Waals surface area (Å²) in [6.07, 6.45) is 2.49. The highest BCUT2D eigenvalue weighted by atomic mass is 32.1. The molecule has 2 fully saturated rings. The van der Waals surface area contributed by atoms with Gasteiger partial charge >= 0.3 is 0 Å². The third-order valence-corrected chi connectivity index (χ3v) is 7.32.